The van der Waals surface area contributed by atoms with Gasteiger partial charge in [0.15, 0.2) is 0 Å². The number of pyridine rings is 1. The average Bonchev–Trinajstić information content (AvgIpc) is 3.07. The number of aromatic nitrogens is 2. The monoisotopic (exact) mass is 412 g/mol. The molecule has 154 valence electrons. The van der Waals surface area contributed by atoms with Gasteiger partial charge in [0.2, 0.25) is 0 Å². The van der Waals surface area contributed by atoms with E-state index in [1.165, 1.54) is 10.9 Å². The van der Waals surface area contributed by atoms with Gasteiger partial charge in [-0.3, -0.25) is 4.98 Å². The van der Waals surface area contributed by atoms with Gasteiger partial charge in [-0.15, -0.1) is 0 Å². The van der Waals surface area contributed by atoms with Crippen LogP contribution in [-0.2, 0) is 6.54 Å². The lowest BCUT2D eigenvalue weighted by atomic mass is 9.87. The zero-order chi connectivity index (χ0) is 20.6. The molecule has 29 heavy (non-hydrogen) atoms. The molecule has 1 aliphatic heterocycles. The maximum atomic E-state index is 6.26. The summed E-state index contributed by atoms with van der Waals surface area (Å²) in [5.41, 5.74) is 7.11. The quantitative estimate of drug-likeness (QED) is 0.380. The first-order chi connectivity index (χ1) is 14.2. The molecule has 2 N–H and O–H groups in total. The first-order valence-electron chi connectivity index (χ1n) is 10.1. The van der Waals surface area contributed by atoms with E-state index >= 15 is 0 Å². The number of hydrogen-bond acceptors (Lipinski definition) is 5. The van der Waals surface area contributed by atoms with Crippen molar-refractivity contribution in [3.05, 3.63) is 53.0 Å². The molecule has 1 saturated heterocycles. The molecular formula is C22H29ClN6. The summed E-state index contributed by atoms with van der Waals surface area (Å²) in [6.45, 7) is 10.3. The summed E-state index contributed by atoms with van der Waals surface area (Å²) < 4.78 is 2.27. The topological polar surface area (TPSA) is 66.6 Å². The van der Waals surface area contributed by atoms with Gasteiger partial charge in [-0.05, 0) is 62.9 Å². The Kier molecular flexibility index (Phi) is 7.61. The van der Waals surface area contributed by atoms with Crippen LogP contribution in [0.25, 0.3) is 10.9 Å². The highest BCUT2D eigenvalue weighted by atomic mass is 35.5. The number of allylic oxidation sites excluding steroid dienone is 4. The van der Waals surface area contributed by atoms with E-state index in [4.69, 9.17) is 11.6 Å². The van der Waals surface area contributed by atoms with E-state index in [0.717, 1.165) is 54.3 Å². The minimum atomic E-state index is 0.479. The lowest BCUT2D eigenvalue weighted by Crippen LogP contribution is -2.27. The van der Waals surface area contributed by atoms with E-state index in [2.05, 4.69) is 56.4 Å². The molecule has 2 aromatic heterocycles. The van der Waals surface area contributed by atoms with E-state index in [9.17, 15) is 0 Å². The van der Waals surface area contributed by atoms with Crippen LogP contribution in [0.2, 0.25) is 0 Å². The van der Waals surface area contributed by atoms with Crippen molar-refractivity contribution >= 4 is 34.9 Å². The van der Waals surface area contributed by atoms with Crippen LogP contribution in [-0.4, -0.2) is 35.1 Å². The van der Waals surface area contributed by atoms with E-state index < -0.39 is 0 Å². The SMILES string of the molecule is C=NN/N=C(\C)c1c(C2CCNCC2)c2ccncc2n1C/C=C\C(Cl)=C/CC. The number of fused-ring (bicyclic) bond motifs is 1. The third-order valence-electron chi connectivity index (χ3n) is 5.25. The zero-order valence-corrected chi connectivity index (χ0v) is 17.9. The third-order valence-corrected chi connectivity index (χ3v) is 5.53. The summed E-state index contributed by atoms with van der Waals surface area (Å²) in [4.78, 5) is 4.39. The summed E-state index contributed by atoms with van der Waals surface area (Å²) >= 11 is 6.26. The second-order valence-corrected chi connectivity index (χ2v) is 7.58. The van der Waals surface area contributed by atoms with Crippen LogP contribution >= 0.6 is 11.6 Å². The first kappa shape index (κ1) is 21.3. The molecule has 0 unspecified atom stereocenters. The summed E-state index contributed by atoms with van der Waals surface area (Å²) in [7, 11) is 0. The van der Waals surface area contributed by atoms with Crippen LogP contribution in [0.3, 0.4) is 0 Å². The molecule has 3 heterocycles. The minimum absolute atomic E-state index is 0.479. The molecule has 0 atom stereocenters. The molecule has 0 amide bonds. The van der Waals surface area contributed by atoms with Crippen LogP contribution in [0.1, 0.15) is 50.3 Å². The van der Waals surface area contributed by atoms with E-state index in [0.29, 0.717) is 12.5 Å². The fraction of sp³-hybridized carbons (Fsp3) is 0.409. The van der Waals surface area contributed by atoms with Gasteiger partial charge in [-0.1, -0.05) is 30.7 Å². The largest absolute Gasteiger partial charge is 0.334 e. The molecule has 2 aromatic rings. The number of nitrogens with zero attached hydrogens (tertiary/aromatic N) is 4. The van der Waals surface area contributed by atoms with Crippen LogP contribution in [0.4, 0.5) is 0 Å². The molecule has 0 saturated carbocycles. The molecule has 1 fully saturated rings. The Hall–Kier alpha value is -2.44. The number of halogens is 1. The molecule has 3 rings (SSSR count). The molecule has 0 radical (unpaired) electrons. The van der Waals surface area contributed by atoms with Crippen molar-refractivity contribution in [3.63, 3.8) is 0 Å². The van der Waals surface area contributed by atoms with Gasteiger partial charge in [0.05, 0.1) is 23.1 Å². The van der Waals surface area contributed by atoms with Gasteiger partial charge in [-0.2, -0.15) is 15.7 Å². The van der Waals surface area contributed by atoms with Crippen molar-refractivity contribution in [2.45, 2.75) is 45.6 Å². The van der Waals surface area contributed by atoms with Crippen LogP contribution in [0.5, 0.6) is 0 Å². The van der Waals surface area contributed by atoms with Crippen LogP contribution in [0.15, 0.2) is 51.9 Å². The summed E-state index contributed by atoms with van der Waals surface area (Å²) in [6, 6.07) is 2.12. The Bertz CT molecular complexity index is 934. The van der Waals surface area contributed by atoms with Crippen molar-refractivity contribution in [1.29, 1.82) is 0 Å². The molecule has 1 aliphatic rings. The molecule has 0 bridgehead atoms. The molecule has 7 heteroatoms. The van der Waals surface area contributed by atoms with Gasteiger partial charge in [0.1, 0.15) is 0 Å². The minimum Gasteiger partial charge on any atom is -0.334 e. The standard InChI is InChI=1S/C22H29ClN6/c1-4-6-18(23)7-5-14-29-20-15-26-13-10-19(20)21(17-8-11-25-12-9-17)22(29)16(2)27-28-24-3/h5-7,10,13,15,17,25,28H,3-4,8-9,11-12,14H2,1-2H3/b7-5-,18-6+,27-16+. The third kappa shape index (κ3) is 4.95. The van der Waals surface area contributed by atoms with Crippen molar-refractivity contribution < 1.29 is 0 Å². The number of nitrogens with one attached hydrogen (secondary N) is 2. The molecular weight excluding hydrogens is 384 g/mol. The summed E-state index contributed by atoms with van der Waals surface area (Å²) in [6.07, 6.45) is 13.0. The maximum absolute atomic E-state index is 6.26. The lowest BCUT2D eigenvalue weighted by molar-refractivity contribution is 0.461. The Balaban J connectivity index is 2.14. The van der Waals surface area contributed by atoms with Gasteiger partial charge in [0.25, 0.3) is 0 Å². The Morgan fingerprint density at radius 2 is 2.24 bits per heavy atom. The second-order valence-electron chi connectivity index (χ2n) is 7.14. The van der Waals surface area contributed by atoms with Gasteiger partial charge in [-0.25, -0.2) is 0 Å². The molecule has 0 spiro atoms. The van der Waals surface area contributed by atoms with Crippen LogP contribution < -0.4 is 10.9 Å². The van der Waals surface area contributed by atoms with Crippen molar-refractivity contribution in [2.75, 3.05) is 13.1 Å². The lowest BCUT2D eigenvalue weighted by Gasteiger charge is -2.24. The summed E-state index contributed by atoms with van der Waals surface area (Å²) in [5, 5.41) is 13.6. The Morgan fingerprint density at radius 1 is 1.45 bits per heavy atom. The van der Waals surface area contributed by atoms with Crippen molar-refractivity contribution in [2.24, 2.45) is 10.2 Å². The maximum Gasteiger partial charge on any atom is 0.0832 e. The Labute approximate surface area is 177 Å². The molecule has 0 aliphatic carbocycles. The number of hydrogen-bond donors (Lipinski definition) is 2. The predicted octanol–water partition coefficient (Wildman–Crippen LogP) is 4.52. The van der Waals surface area contributed by atoms with E-state index in [1.807, 2.05) is 31.5 Å². The predicted molar refractivity (Wildman–Crippen MR) is 123 cm³/mol. The smallest absolute Gasteiger partial charge is 0.0832 e. The number of hydrazone groups is 2. The fourth-order valence-electron chi connectivity index (χ4n) is 4.02. The second kappa shape index (κ2) is 10.4. The fourth-order valence-corrected chi connectivity index (χ4v) is 4.27. The highest BCUT2D eigenvalue weighted by Gasteiger charge is 2.26. The number of rotatable bonds is 8. The molecule has 0 aromatic carbocycles. The molecule has 6 nitrogen and oxygen atoms in total. The normalized spacial score (nSPS) is 16.7. The van der Waals surface area contributed by atoms with Crippen molar-refractivity contribution in [3.8, 4) is 0 Å². The average molecular weight is 413 g/mol. The van der Waals surface area contributed by atoms with Gasteiger partial charge >= 0.3 is 0 Å². The Morgan fingerprint density at radius 3 is 2.97 bits per heavy atom. The van der Waals surface area contributed by atoms with Gasteiger partial charge in [0, 0.05) is 29.9 Å². The van der Waals surface area contributed by atoms with Crippen LogP contribution in [0, 0.1) is 0 Å². The van der Waals surface area contributed by atoms with Gasteiger partial charge < -0.3 is 9.88 Å². The number of piperidine rings is 1. The van der Waals surface area contributed by atoms with E-state index in [-0.39, 0.29) is 0 Å². The van der Waals surface area contributed by atoms with Crippen molar-refractivity contribution in [1.82, 2.24) is 20.4 Å². The highest BCUT2D eigenvalue weighted by Crippen LogP contribution is 2.36. The highest BCUT2D eigenvalue weighted by molar-refractivity contribution is 6.31. The summed E-state index contributed by atoms with van der Waals surface area (Å²) in [5.74, 6) is 0.479. The zero-order valence-electron chi connectivity index (χ0n) is 17.2. The van der Waals surface area contributed by atoms with E-state index in [1.54, 1.807) is 0 Å². The first-order valence-corrected chi connectivity index (χ1v) is 10.5.